The topological polar surface area (TPSA) is 73.2 Å². The van der Waals surface area contributed by atoms with E-state index < -0.39 is 0 Å². The van der Waals surface area contributed by atoms with Crippen LogP contribution in [0.4, 0.5) is 10.1 Å². The number of methoxy groups -OCH3 is 1. The van der Waals surface area contributed by atoms with Gasteiger partial charge in [0.15, 0.2) is 0 Å². The van der Waals surface area contributed by atoms with Crippen LogP contribution in [0.2, 0.25) is 0 Å². The van der Waals surface area contributed by atoms with Gasteiger partial charge < -0.3 is 10.1 Å². The molecule has 0 saturated carbocycles. The number of carbonyl (C=O) groups is 1. The van der Waals surface area contributed by atoms with Crippen molar-refractivity contribution in [3.63, 3.8) is 0 Å². The lowest BCUT2D eigenvalue weighted by Gasteiger charge is -2.09. The molecular formula is C22H18FN3O3S. The molecule has 0 aliphatic rings. The molecule has 0 unspecified atom stereocenters. The highest BCUT2D eigenvalue weighted by atomic mass is 32.1. The highest BCUT2D eigenvalue weighted by Crippen LogP contribution is 2.29. The van der Waals surface area contributed by atoms with Crippen LogP contribution in [0.5, 0.6) is 5.75 Å². The highest BCUT2D eigenvalue weighted by molar-refractivity contribution is 7.20. The third kappa shape index (κ3) is 3.57. The van der Waals surface area contributed by atoms with Crippen LogP contribution >= 0.6 is 11.3 Å². The van der Waals surface area contributed by atoms with Crippen LogP contribution in [-0.2, 0) is 6.54 Å². The van der Waals surface area contributed by atoms with Crippen molar-refractivity contribution in [2.24, 2.45) is 0 Å². The first kappa shape index (κ1) is 19.8. The van der Waals surface area contributed by atoms with Gasteiger partial charge in [-0.05, 0) is 30.7 Å². The number of benzene rings is 2. The summed E-state index contributed by atoms with van der Waals surface area (Å²) in [6.07, 6.45) is 1.38. The van der Waals surface area contributed by atoms with Gasteiger partial charge in [0.25, 0.3) is 11.5 Å². The number of halogens is 1. The number of thiophene rings is 1. The predicted molar refractivity (Wildman–Crippen MR) is 115 cm³/mol. The molecular weight excluding hydrogens is 405 g/mol. The monoisotopic (exact) mass is 423 g/mol. The Morgan fingerprint density at radius 1 is 1.20 bits per heavy atom. The van der Waals surface area contributed by atoms with Gasteiger partial charge in [0.2, 0.25) is 0 Å². The van der Waals surface area contributed by atoms with E-state index in [4.69, 9.17) is 4.74 Å². The van der Waals surface area contributed by atoms with Crippen molar-refractivity contribution < 1.29 is 13.9 Å². The number of fused-ring (bicyclic) bond motifs is 1. The molecule has 0 aliphatic heterocycles. The SMILES string of the molecule is COc1ccccc1NC(=O)c1sc2ncn(Cc3ccccc3F)c(=O)c2c1C. The first-order valence-electron chi connectivity index (χ1n) is 9.16. The molecule has 0 aliphatic carbocycles. The number of rotatable bonds is 5. The number of nitrogens with one attached hydrogen (secondary N) is 1. The maximum atomic E-state index is 14.0. The number of aryl methyl sites for hydroxylation is 1. The fourth-order valence-electron chi connectivity index (χ4n) is 3.23. The van der Waals surface area contributed by atoms with Gasteiger partial charge in [-0.2, -0.15) is 0 Å². The average molecular weight is 423 g/mol. The minimum atomic E-state index is -0.386. The summed E-state index contributed by atoms with van der Waals surface area (Å²) in [6.45, 7) is 1.78. The van der Waals surface area contributed by atoms with Gasteiger partial charge in [-0.25, -0.2) is 9.37 Å². The molecule has 0 atom stereocenters. The Morgan fingerprint density at radius 3 is 2.70 bits per heavy atom. The molecule has 4 aromatic rings. The van der Waals surface area contributed by atoms with Gasteiger partial charge in [0.1, 0.15) is 16.4 Å². The normalized spacial score (nSPS) is 10.9. The molecule has 0 saturated heterocycles. The van der Waals surface area contributed by atoms with Crippen LogP contribution in [0.3, 0.4) is 0 Å². The zero-order valence-electron chi connectivity index (χ0n) is 16.3. The lowest BCUT2D eigenvalue weighted by atomic mass is 10.2. The van der Waals surface area contributed by atoms with Crippen molar-refractivity contribution in [1.82, 2.24) is 9.55 Å². The van der Waals surface area contributed by atoms with E-state index >= 15 is 0 Å². The largest absolute Gasteiger partial charge is 0.495 e. The van der Waals surface area contributed by atoms with Crippen molar-refractivity contribution in [2.45, 2.75) is 13.5 Å². The predicted octanol–water partition coefficient (Wildman–Crippen LogP) is 4.21. The summed E-state index contributed by atoms with van der Waals surface area (Å²) >= 11 is 1.15. The first-order chi connectivity index (χ1) is 14.5. The third-order valence-corrected chi connectivity index (χ3v) is 5.98. The Morgan fingerprint density at radius 2 is 1.93 bits per heavy atom. The summed E-state index contributed by atoms with van der Waals surface area (Å²) in [5, 5.41) is 3.19. The van der Waals surface area contributed by atoms with Crippen LogP contribution in [0.1, 0.15) is 20.8 Å². The van der Waals surface area contributed by atoms with E-state index in [1.165, 1.54) is 24.1 Å². The molecule has 2 heterocycles. The molecule has 2 aromatic carbocycles. The maximum Gasteiger partial charge on any atom is 0.266 e. The smallest absolute Gasteiger partial charge is 0.266 e. The zero-order valence-corrected chi connectivity index (χ0v) is 17.1. The Hall–Kier alpha value is -3.52. The molecule has 0 fully saturated rings. The van der Waals surface area contributed by atoms with E-state index in [9.17, 15) is 14.0 Å². The minimum absolute atomic E-state index is 0.0620. The fraction of sp³-hybridized carbons (Fsp3) is 0.136. The van der Waals surface area contributed by atoms with Crippen molar-refractivity contribution in [3.8, 4) is 5.75 Å². The summed E-state index contributed by atoms with van der Waals surface area (Å²) in [7, 11) is 1.53. The second kappa shape index (κ2) is 8.08. The van der Waals surface area contributed by atoms with Crippen molar-refractivity contribution >= 4 is 33.1 Å². The molecule has 152 valence electrons. The number of hydrogen-bond acceptors (Lipinski definition) is 5. The molecule has 8 heteroatoms. The van der Waals surface area contributed by atoms with Crippen LogP contribution < -0.4 is 15.6 Å². The fourth-order valence-corrected chi connectivity index (χ4v) is 4.26. The van der Waals surface area contributed by atoms with Gasteiger partial charge in [0, 0.05) is 5.56 Å². The summed E-state index contributed by atoms with van der Waals surface area (Å²) in [5.41, 5.74) is 1.16. The van der Waals surface area contributed by atoms with Crippen molar-refractivity contribution in [3.05, 3.63) is 87.0 Å². The van der Waals surface area contributed by atoms with Crippen molar-refractivity contribution in [1.29, 1.82) is 0 Å². The summed E-state index contributed by atoms with van der Waals surface area (Å²) in [5.74, 6) is -0.196. The third-order valence-electron chi connectivity index (χ3n) is 4.78. The number of aromatic nitrogens is 2. The molecule has 6 nitrogen and oxygen atoms in total. The van der Waals surface area contributed by atoms with E-state index in [1.807, 2.05) is 0 Å². The summed E-state index contributed by atoms with van der Waals surface area (Å²) in [4.78, 5) is 31.1. The molecule has 4 rings (SSSR count). The van der Waals surface area contributed by atoms with E-state index in [-0.39, 0.29) is 23.8 Å². The summed E-state index contributed by atoms with van der Waals surface area (Å²) < 4.78 is 20.6. The number of nitrogens with zero attached hydrogens (tertiary/aromatic N) is 2. The van der Waals surface area contributed by atoms with E-state index in [1.54, 1.807) is 49.4 Å². The average Bonchev–Trinajstić information content (AvgIpc) is 3.09. The number of carbonyl (C=O) groups excluding carboxylic acids is 1. The Bertz CT molecular complexity index is 1310. The first-order valence-corrected chi connectivity index (χ1v) is 9.97. The number of anilines is 1. The molecule has 0 bridgehead atoms. The second-order valence-electron chi connectivity index (χ2n) is 6.66. The number of hydrogen-bond donors (Lipinski definition) is 1. The number of para-hydroxylation sites is 2. The second-order valence-corrected chi connectivity index (χ2v) is 7.66. The Kier molecular flexibility index (Phi) is 5.33. The highest BCUT2D eigenvalue weighted by Gasteiger charge is 2.20. The van der Waals surface area contributed by atoms with Gasteiger partial charge in [0.05, 0.1) is 35.9 Å². The lowest BCUT2D eigenvalue weighted by Crippen LogP contribution is -2.21. The van der Waals surface area contributed by atoms with Gasteiger partial charge >= 0.3 is 0 Å². The van der Waals surface area contributed by atoms with Crippen LogP contribution in [0, 0.1) is 12.7 Å². The van der Waals surface area contributed by atoms with Crippen molar-refractivity contribution in [2.75, 3.05) is 12.4 Å². The Labute approximate surface area is 175 Å². The lowest BCUT2D eigenvalue weighted by molar-refractivity contribution is 0.102. The standard InChI is InChI=1S/C22H18FN3O3S/c1-13-18-21(24-12-26(22(18)28)11-14-7-3-4-8-15(14)23)30-19(13)20(27)25-16-9-5-6-10-17(16)29-2/h3-10,12H,11H2,1-2H3,(H,25,27). The van der Waals surface area contributed by atoms with Gasteiger partial charge in [-0.1, -0.05) is 30.3 Å². The molecule has 1 amide bonds. The van der Waals surface area contributed by atoms with Crippen LogP contribution in [0.15, 0.2) is 59.7 Å². The maximum absolute atomic E-state index is 14.0. The van der Waals surface area contributed by atoms with Gasteiger partial charge in [-0.15, -0.1) is 11.3 Å². The molecule has 0 spiro atoms. The molecule has 1 N–H and O–H groups in total. The van der Waals surface area contributed by atoms with E-state index in [0.29, 0.717) is 37.7 Å². The quantitative estimate of drug-likeness (QED) is 0.522. The molecule has 2 aromatic heterocycles. The molecule has 30 heavy (non-hydrogen) atoms. The van der Waals surface area contributed by atoms with Gasteiger partial charge in [-0.3, -0.25) is 14.2 Å². The van der Waals surface area contributed by atoms with E-state index in [0.717, 1.165) is 11.3 Å². The number of amides is 1. The number of ether oxygens (including phenoxy) is 1. The minimum Gasteiger partial charge on any atom is -0.495 e. The molecule has 0 radical (unpaired) electrons. The summed E-state index contributed by atoms with van der Waals surface area (Å²) in [6, 6.07) is 13.4. The zero-order chi connectivity index (χ0) is 21.3. The van der Waals surface area contributed by atoms with E-state index in [2.05, 4.69) is 10.3 Å². The van der Waals surface area contributed by atoms with Crippen LogP contribution in [0.25, 0.3) is 10.2 Å². The van der Waals surface area contributed by atoms with Crippen LogP contribution in [-0.4, -0.2) is 22.6 Å². The Balaban J connectivity index is 1.70.